The molecule has 27 heavy (non-hydrogen) atoms. The molecule has 5 atom stereocenters. The lowest BCUT2D eigenvalue weighted by Gasteiger charge is -2.53. The monoisotopic (exact) mass is 388 g/mol. The highest BCUT2D eigenvalue weighted by atomic mass is 32.2. The number of benzene rings is 1. The van der Waals surface area contributed by atoms with Crippen LogP contribution in [0.4, 0.5) is 0 Å². The van der Waals surface area contributed by atoms with Crippen LogP contribution in [0.3, 0.4) is 0 Å². The summed E-state index contributed by atoms with van der Waals surface area (Å²) < 4.78 is 28.0. The van der Waals surface area contributed by atoms with Crippen molar-refractivity contribution in [3.05, 3.63) is 41.5 Å². The van der Waals surface area contributed by atoms with Gasteiger partial charge < -0.3 is 4.18 Å². The van der Waals surface area contributed by atoms with Gasteiger partial charge in [0.2, 0.25) is 0 Å². The lowest BCUT2D eigenvalue weighted by molar-refractivity contribution is 0.00473. The molecular formula is C23H32O3S. The number of aryl methyl sites for hydroxylation is 1. The molecule has 1 aromatic rings. The second kappa shape index (κ2) is 6.37. The average Bonchev–Trinajstić information content (AvgIpc) is 2.85. The summed E-state index contributed by atoms with van der Waals surface area (Å²) in [6, 6.07) is 5.93. The van der Waals surface area contributed by atoms with Crippen LogP contribution >= 0.6 is 0 Å². The van der Waals surface area contributed by atoms with Crippen LogP contribution in [0.25, 0.3) is 0 Å². The van der Waals surface area contributed by atoms with E-state index in [0.29, 0.717) is 22.5 Å². The van der Waals surface area contributed by atoms with E-state index < -0.39 is 10.1 Å². The summed E-state index contributed by atoms with van der Waals surface area (Å²) in [4.78, 5) is 0. The summed E-state index contributed by atoms with van der Waals surface area (Å²) in [7, 11) is -3.47. The summed E-state index contributed by atoms with van der Waals surface area (Å²) in [5.41, 5.74) is 3.45. The Morgan fingerprint density at radius 1 is 1.15 bits per heavy atom. The van der Waals surface area contributed by atoms with Crippen molar-refractivity contribution in [2.45, 2.75) is 65.2 Å². The summed E-state index contributed by atoms with van der Waals surface area (Å²) in [6.45, 7) is 7.17. The molecule has 4 heteroatoms. The molecule has 0 bridgehead atoms. The molecule has 0 radical (unpaired) electrons. The van der Waals surface area contributed by atoms with Crippen LogP contribution in [-0.4, -0.2) is 14.7 Å². The molecule has 0 N–H and O–H groups in total. The number of hydrogen-bond acceptors (Lipinski definition) is 3. The van der Waals surface area contributed by atoms with Crippen LogP contribution in [0.1, 0.15) is 69.9 Å². The summed E-state index contributed by atoms with van der Waals surface area (Å²) >= 11 is 0. The summed E-state index contributed by atoms with van der Waals surface area (Å²) in [5, 5.41) is 0. The third kappa shape index (κ3) is 3.04. The Hall–Kier alpha value is -1.29. The van der Waals surface area contributed by atoms with Gasteiger partial charge >= 0.3 is 10.1 Å². The van der Waals surface area contributed by atoms with E-state index >= 15 is 0 Å². The van der Waals surface area contributed by atoms with Crippen LogP contribution in [0.5, 0.6) is 5.75 Å². The van der Waals surface area contributed by atoms with E-state index in [1.807, 2.05) is 12.1 Å². The maximum Gasteiger partial charge on any atom is 0.306 e. The van der Waals surface area contributed by atoms with Crippen molar-refractivity contribution in [1.29, 1.82) is 0 Å². The molecular weight excluding hydrogens is 356 g/mol. The van der Waals surface area contributed by atoms with Gasteiger partial charge in [0.15, 0.2) is 0 Å². The quantitative estimate of drug-likeness (QED) is 0.510. The molecule has 0 amide bonds. The van der Waals surface area contributed by atoms with Crippen molar-refractivity contribution < 1.29 is 12.6 Å². The molecule has 3 aliphatic rings. The standard InChI is InChI=1S/C23H32O3S/c1-5-12-22(2)13-11-21-20-8-6-16-15-17(26-27(4,24)25)7-9-18(16)19(20)10-14-23(21,22)3/h5,7,9,12,15,19-21H,6,8,10-11,13-14H2,1-4H3/b12-5+/t19-,20-,21+,22+,23+/m1/s1. The van der Waals surface area contributed by atoms with Gasteiger partial charge in [0.05, 0.1) is 6.26 Å². The lowest BCUT2D eigenvalue weighted by Crippen LogP contribution is -2.45. The third-order valence-electron chi connectivity index (χ3n) is 8.15. The highest BCUT2D eigenvalue weighted by molar-refractivity contribution is 7.86. The van der Waals surface area contributed by atoms with Crippen molar-refractivity contribution in [1.82, 2.24) is 0 Å². The van der Waals surface area contributed by atoms with E-state index in [1.165, 1.54) is 43.2 Å². The molecule has 0 aromatic heterocycles. The zero-order valence-electron chi connectivity index (χ0n) is 17.0. The Kier molecular flexibility index (Phi) is 4.49. The molecule has 148 valence electrons. The first-order valence-electron chi connectivity index (χ1n) is 10.3. The molecule has 0 aliphatic heterocycles. The third-order valence-corrected chi connectivity index (χ3v) is 8.64. The van der Waals surface area contributed by atoms with Crippen LogP contribution in [0.15, 0.2) is 30.4 Å². The molecule has 2 saturated carbocycles. The Balaban J connectivity index is 1.63. The van der Waals surface area contributed by atoms with Gasteiger partial charge in [-0.1, -0.05) is 32.1 Å². The van der Waals surface area contributed by atoms with E-state index in [0.717, 1.165) is 24.5 Å². The number of fused-ring (bicyclic) bond motifs is 5. The molecule has 0 heterocycles. The second-order valence-corrected chi connectivity index (χ2v) is 11.1. The highest BCUT2D eigenvalue weighted by Crippen LogP contribution is 2.67. The highest BCUT2D eigenvalue weighted by Gasteiger charge is 2.58. The Morgan fingerprint density at radius 2 is 1.93 bits per heavy atom. The van der Waals surface area contributed by atoms with Crippen LogP contribution in [0.2, 0.25) is 0 Å². The minimum atomic E-state index is -3.47. The van der Waals surface area contributed by atoms with Crippen LogP contribution < -0.4 is 4.18 Å². The van der Waals surface area contributed by atoms with E-state index in [-0.39, 0.29) is 0 Å². The predicted octanol–water partition coefficient (Wildman–Crippen LogP) is 5.46. The molecule has 0 spiro atoms. The first kappa shape index (κ1) is 19.0. The molecule has 4 rings (SSSR count). The van der Waals surface area contributed by atoms with Gasteiger partial charge in [-0.15, -0.1) is 0 Å². The van der Waals surface area contributed by atoms with Crippen molar-refractivity contribution in [2.24, 2.45) is 22.7 Å². The molecule has 1 aromatic carbocycles. The first-order valence-corrected chi connectivity index (χ1v) is 12.1. The van der Waals surface area contributed by atoms with Gasteiger partial charge in [0, 0.05) is 0 Å². The van der Waals surface area contributed by atoms with Gasteiger partial charge in [0.1, 0.15) is 5.75 Å². The fraction of sp³-hybridized carbons (Fsp3) is 0.652. The first-order chi connectivity index (χ1) is 12.7. The smallest absolute Gasteiger partial charge is 0.306 e. The van der Waals surface area contributed by atoms with Gasteiger partial charge in [0.25, 0.3) is 0 Å². The van der Waals surface area contributed by atoms with Gasteiger partial charge in [-0.25, -0.2) is 0 Å². The van der Waals surface area contributed by atoms with Crippen molar-refractivity contribution in [3.8, 4) is 5.75 Å². The minimum absolute atomic E-state index is 0.324. The van der Waals surface area contributed by atoms with Crippen LogP contribution in [0, 0.1) is 22.7 Å². The predicted molar refractivity (Wildman–Crippen MR) is 109 cm³/mol. The Morgan fingerprint density at radius 3 is 2.63 bits per heavy atom. The van der Waals surface area contributed by atoms with Crippen LogP contribution in [-0.2, 0) is 16.5 Å². The largest absolute Gasteiger partial charge is 0.383 e. The van der Waals surface area contributed by atoms with Crippen molar-refractivity contribution >= 4 is 10.1 Å². The van der Waals surface area contributed by atoms with Gasteiger partial charge in [-0.3, -0.25) is 0 Å². The zero-order chi connectivity index (χ0) is 19.4. The van der Waals surface area contributed by atoms with E-state index in [1.54, 1.807) is 0 Å². The fourth-order valence-electron chi connectivity index (χ4n) is 6.73. The average molecular weight is 389 g/mol. The molecule has 3 aliphatic carbocycles. The summed E-state index contributed by atoms with van der Waals surface area (Å²) in [6.07, 6.45) is 13.2. The molecule has 3 nitrogen and oxygen atoms in total. The Bertz CT molecular complexity index is 872. The minimum Gasteiger partial charge on any atom is -0.383 e. The lowest BCUT2D eigenvalue weighted by atomic mass is 9.51. The topological polar surface area (TPSA) is 43.4 Å². The Labute approximate surface area is 164 Å². The normalized spacial score (nSPS) is 38.3. The SMILES string of the molecule is C/C=C/[C@@]1(C)CC[C@H]2[C@@H]3CCc4cc(OS(C)(=O)=O)ccc4[C@H]3CC[C@@]21C. The number of hydrogen-bond donors (Lipinski definition) is 0. The van der Waals surface area contributed by atoms with Gasteiger partial charge in [-0.05, 0) is 97.3 Å². The second-order valence-electron chi connectivity index (χ2n) is 9.48. The maximum absolute atomic E-state index is 11.4. The molecule has 0 saturated heterocycles. The van der Waals surface area contributed by atoms with E-state index in [4.69, 9.17) is 4.18 Å². The number of rotatable bonds is 3. The summed E-state index contributed by atoms with van der Waals surface area (Å²) in [5.74, 6) is 2.62. The van der Waals surface area contributed by atoms with Gasteiger partial charge in [-0.2, -0.15) is 8.42 Å². The molecule has 2 fully saturated rings. The van der Waals surface area contributed by atoms with Crippen molar-refractivity contribution in [2.75, 3.05) is 6.26 Å². The van der Waals surface area contributed by atoms with Crippen molar-refractivity contribution in [3.63, 3.8) is 0 Å². The fourth-order valence-corrected chi connectivity index (χ4v) is 7.18. The van der Waals surface area contributed by atoms with E-state index in [2.05, 4.69) is 39.0 Å². The maximum atomic E-state index is 11.4. The van der Waals surface area contributed by atoms with E-state index in [9.17, 15) is 8.42 Å². The number of allylic oxidation sites excluding steroid dienone is 2. The zero-order valence-corrected chi connectivity index (χ0v) is 17.8. The molecule has 0 unspecified atom stereocenters.